The van der Waals surface area contributed by atoms with E-state index in [2.05, 4.69) is 22.2 Å². The van der Waals surface area contributed by atoms with Crippen LogP contribution in [0.3, 0.4) is 0 Å². The van der Waals surface area contributed by atoms with Gasteiger partial charge in [-0.15, -0.1) is 0 Å². The van der Waals surface area contributed by atoms with E-state index in [0.29, 0.717) is 16.8 Å². The smallest absolute Gasteiger partial charge is 0.404 e. The van der Waals surface area contributed by atoms with Crippen LogP contribution in [0.2, 0.25) is 0 Å². The zero-order chi connectivity index (χ0) is 20.3. The Morgan fingerprint density at radius 3 is 2.64 bits per heavy atom. The Labute approximate surface area is 160 Å². The number of hydrogen-bond acceptors (Lipinski definition) is 3. The Kier molecular flexibility index (Phi) is 5.12. The summed E-state index contributed by atoms with van der Waals surface area (Å²) in [5, 5.41) is 14.2. The number of carbonyl (C=O) groups is 3. The molecule has 142 valence electrons. The van der Waals surface area contributed by atoms with Gasteiger partial charge in [-0.05, 0) is 35.4 Å². The quantitative estimate of drug-likeness (QED) is 0.421. The van der Waals surface area contributed by atoms with Crippen molar-refractivity contribution in [2.24, 2.45) is 5.73 Å². The Morgan fingerprint density at radius 2 is 1.93 bits per heavy atom. The number of rotatable bonds is 6. The third-order valence-electron chi connectivity index (χ3n) is 4.19. The molecule has 0 aliphatic rings. The van der Waals surface area contributed by atoms with Gasteiger partial charge < -0.3 is 26.5 Å². The van der Waals surface area contributed by atoms with Crippen LogP contribution in [0, 0.1) is 0 Å². The Bertz CT molecular complexity index is 1100. The van der Waals surface area contributed by atoms with Gasteiger partial charge in [0.15, 0.2) is 0 Å². The number of fused-ring (bicyclic) bond motifs is 1. The summed E-state index contributed by atoms with van der Waals surface area (Å²) in [7, 11) is 0. The van der Waals surface area contributed by atoms with Gasteiger partial charge in [0.1, 0.15) is 0 Å². The minimum atomic E-state index is -1.23. The summed E-state index contributed by atoms with van der Waals surface area (Å²) in [4.78, 5) is 37.3. The van der Waals surface area contributed by atoms with E-state index in [-0.39, 0.29) is 12.1 Å². The van der Waals surface area contributed by atoms with E-state index in [1.165, 1.54) is 0 Å². The van der Waals surface area contributed by atoms with Crippen LogP contribution in [0.5, 0.6) is 0 Å². The lowest BCUT2D eigenvalue weighted by Gasteiger charge is -2.11. The van der Waals surface area contributed by atoms with Gasteiger partial charge >= 0.3 is 6.09 Å². The second-order valence-corrected chi connectivity index (χ2v) is 6.09. The van der Waals surface area contributed by atoms with Crippen molar-refractivity contribution < 1.29 is 19.5 Å². The summed E-state index contributed by atoms with van der Waals surface area (Å²) in [5.41, 5.74) is 8.78. The summed E-state index contributed by atoms with van der Waals surface area (Å²) >= 11 is 0. The molecule has 1 aromatic heterocycles. The predicted octanol–water partition coefficient (Wildman–Crippen LogP) is 2.70. The summed E-state index contributed by atoms with van der Waals surface area (Å²) < 4.78 is 0. The van der Waals surface area contributed by atoms with Crippen molar-refractivity contribution in [3.63, 3.8) is 0 Å². The van der Waals surface area contributed by atoms with E-state index in [1.807, 2.05) is 12.1 Å². The maximum Gasteiger partial charge on any atom is 0.404 e. The normalized spacial score (nSPS) is 10.4. The molecule has 3 aromatic rings. The SMILES string of the molecule is C=C(CNC(=O)O)C(=O)Nc1cccc(-c2ccc(C(N)=O)c3[nH]ccc23)c1. The second-order valence-electron chi connectivity index (χ2n) is 6.09. The Hall–Kier alpha value is -4.07. The molecule has 3 rings (SSSR count). The average Bonchev–Trinajstić information content (AvgIpc) is 3.14. The summed E-state index contributed by atoms with van der Waals surface area (Å²) in [6.07, 6.45) is 0.497. The van der Waals surface area contributed by atoms with Crippen molar-refractivity contribution in [3.05, 3.63) is 66.4 Å². The molecule has 8 nitrogen and oxygen atoms in total. The molecule has 0 fully saturated rings. The molecule has 2 aromatic carbocycles. The van der Waals surface area contributed by atoms with E-state index in [0.717, 1.165) is 16.5 Å². The van der Waals surface area contributed by atoms with Crippen molar-refractivity contribution in [1.82, 2.24) is 10.3 Å². The molecule has 1 heterocycles. The fourth-order valence-corrected chi connectivity index (χ4v) is 2.86. The molecule has 8 heteroatoms. The van der Waals surface area contributed by atoms with Crippen LogP contribution in [0.1, 0.15) is 10.4 Å². The van der Waals surface area contributed by atoms with Crippen LogP contribution in [-0.4, -0.2) is 34.5 Å². The third kappa shape index (κ3) is 3.85. The topological polar surface area (TPSA) is 137 Å². The van der Waals surface area contributed by atoms with E-state index >= 15 is 0 Å². The Balaban J connectivity index is 1.87. The number of anilines is 1. The highest BCUT2D eigenvalue weighted by atomic mass is 16.4. The zero-order valence-electron chi connectivity index (χ0n) is 14.8. The van der Waals surface area contributed by atoms with Gasteiger partial charge in [-0.3, -0.25) is 9.59 Å². The van der Waals surface area contributed by atoms with Crippen molar-refractivity contribution in [3.8, 4) is 11.1 Å². The number of aromatic nitrogens is 1. The minimum Gasteiger partial charge on any atom is -0.465 e. The first-order valence-corrected chi connectivity index (χ1v) is 8.33. The van der Waals surface area contributed by atoms with Gasteiger partial charge in [0.2, 0.25) is 0 Å². The molecule has 0 bridgehead atoms. The molecule has 28 heavy (non-hydrogen) atoms. The number of amides is 3. The van der Waals surface area contributed by atoms with Crippen molar-refractivity contribution in [1.29, 1.82) is 0 Å². The van der Waals surface area contributed by atoms with Crippen molar-refractivity contribution in [2.75, 3.05) is 11.9 Å². The van der Waals surface area contributed by atoms with Crippen molar-refractivity contribution >= 4 is 34.5 Å². The molecule has 0 aliphatic heterocycles. The van der Waals surface area contributed by atoms with E-state index in [1.54, 1.807) is 36.5 Å². The van der Waals surface area contributed by atoms with Crippen LogP contribution in [0.15, 0.2) is 60.8 Å². The lowest BCUT2D eigenvalue weighted by Crippen LogP contribution is -2.28. The number of carboxylic acid groups (broad SMARTS) is 1. The molecule has 0 saturated heterocycles. The summed E-state index contributed by atoms with van der Waals surface area (Å²) in [6.45, 7) is 3.41. The average molecular weight is 378 g/mol. The lowest BCUT2D eigenvalue weighted by molar-refractivity contribution is -0.112. The monoisotopic (exact) mass is 378 g/mol. The van der Waals surface area contributed by atoms with Gasteiger partial charge in [0.25, 0.3) is 11.8 Å². The summed E-state index contributed by atoms with van der Waals surface area (Å²) in [5.74, 6) is -1.00. The standard InChI is InChI=1S/C20H18N4O4/c1-11(10-23-20(27)28)19(26)24-13-4-2-3-12(9-13)14-5-6-16(18(21)25)17-15(14)7-8-22-17/h2-9,22-23H,1,10H2,(H2,21,25)(H,24,26)(H,27,28). The number of nitrogens with one attached hydrogen (secondary N) is 3. The second kappa shape index (κ2) is 7.67. The van der Waals surface area contributed by atoms with E-state index < -0.39 is 17.9 Å². The van der Waals surface area contributed by atoms with E-state index in [4.69, 9.17) is 10.8 Å². The molecule has 0 unspecified atom stereocenters. The highest BCUT2D eigenvalue weighted by molar-refractivity contribution is 6.09. The molecule has 6 N–H and O–H groups in total. The molecule has 0 saturated carbocycles. The van der Waals surface area contributed by atoms with Gasteiger partial charge in [0.05, 0.1) is 17.6 Å². The highest BCUT2D eigenvalue weighted by Crippen LogP contribution is 2.31. The third-order valence-corrected chi connectivity index (χ3v) is 4.19. The van der Waals surface area contributed by atoms with Gasteiger partial charge in [-0.1, -0.05) is 24.8 Å². The molecule has 0 aliphatic carbocycles. The maximum absolute atomic E-state index is 12.2. The van der Waals surface area contributed by atoms with Crippen LogP contribution in [-0.2, 0) is 4.79 Å². The number of nitrogens with two attached hydrogens (primary N) is 1. The molecular formula is C20H18N4O4. The number of aromatic amines is 1. The highest BCUT2D eigenvalue weighted by Gasteiger charge is 2.13. The van der Waals surface area contributed by atoms with E-state index in [9.17, 15) is 14.4 Å². The van der Waals surface area contributed by atoms with Gasteiger partial charge in [-0.2, -0.15) is 0 Å². The largest absolute Gasteiger partial charge is 0.465 e. The molecule has 0 radical (unpaired) electrons. The first-order chi connectivity index (χ1) is 13.4. The molecule has 3 amide bonds. The first-order valence-electron chi connectivity index (χ1n) is 8.33. The van der Waals surface area contributed by atoms with Gasteiger partial charge in [0, 0.05) is 22.8 Å². The Morgan fingerprint density at radius 1 is 1.14 bits per heavy atom. The summed E-state index contributed by atoms with van der Waals surface area (Å²) in [6, 6.07) is 12.5. The fraction of sp³-hybridized carbons (Fsp3) is 0.0500. The number of hydrogen-bond donors (Lipinski definition) is 5. The molecule has 0 atom stereocenters. The number of carbonyl (C=O) groups excluding carboxylic acids is 2. The predicted molar refractivity (Wildman–Crippen MR) is 106 cm³/mol. The number of primary amides is 1. The maximum atomic E-state index is 12.2. The van der Waals surface area contributed by atoms with Crippen LogP contribution in [0.4, 0.5) is 10.5 Å². The van der Waals surface area contributed by atoms with Crippen LogP contribution >= 0.6 is 0 Å². The molecular weight excluding hydrogens is 360 g/mol. The fourth-order valence-electron chi connectivity index (χ4n) is 2.86. The van der Waals surface area contributed by atoms with Crippen molar-refractivity contribution in [2.45, 2.75) is 0 Å². The van der Waals surface area contributed by atoms with Crippen LogP contribution < -0.4 is 16.4 Å². The number of H-pyrrole nitrogens is 1. The first kappa shape index (κ1) is 18.7. The molecule has 0 spiro atoms. The van der Waals surface area contributed by atoms with Gasteiger partial charge in [-0.25, -0.2) is 4.79 Å². The van der Waals surface area contributed by atoms with Crippen LogP contribution in [0.25, 0.3) is 22.0 Å². The lowest BCUT2D eigenvalue weighted by atomic mass is 9.98. The minimum absolute atomic E-state index is 0.0895. The zero-order valence-corrected chi connectivity index (χ0v) is 14.8. The number of benzene rings is 2.